The molecule has 0 saturated carbocycles. The summed E-state index contributed by atoms with van der Waals surface area (Å²) in [6.07, 6.45) is -1.01. The molecule has 27 heavy (non-hydrogen) atoms. The highest BCUT2D eigenvalue weighted by Gasteiger charge is 2.27. The van der Waals surface area contributed by atoms with Crippen LogP contribution in [0.15, 0.2) is 11.1 Å². The van der Waals surface area contributed by atoms with E-state index in [0.29, 0.717) is 37.2 Å². The SMILES string of the molecule is CCN(CCOC)c1nc(C2=CCN=C2C(F)F)nc(N2CCNCC2)n1. The van der Waals surface area contributed by atoms with Crippen molar-refractivity contribution < 1.29 is 13.5 Å². The maximum Gasteiger partial charge on any atom is 0.280 e. The number of hydrogen-bond acceptors (Lipinski definition) is 8. The third kappa shape index (κ3) is 4.56. The summed E-state index contributed by atoms with van der Waals surface area (Å²) in [6, 6.07) is 0. The van der Waals surface area contributed by atoms with Crippen molar-refractivity contribution in [3.63, 3.8) is 0 Å². The smallest absolute Gasteiger partial charge is 0.280 e. The van der Waals surface area contributed by atoms with E-state index in [9.17, 15) is 8.78 Å². The lowest BCUT2D eigenvalue weighted by atomic mass is 10.1. The molecule has 1 fully saturated rings. The third-order valence-electron chi connectivity index (χ3n) is 4.52. The second-order valence-electron chi connectivity index (χ2n) is 6.21. The van der Waals surface area contributed by atoms with Crippen molar-refractivity contribution in [1.29, 1.82) is 0 Å². The molecule has 0 bridgehead atoms. The summed E-state index contributed by atoms with van der Waals surface area (Å²) in [4.78, 5) is 21.5. The van der Waals surface area contributed by atoms with Gasteiger partial charge in [-0.1, -0.05) is 6.08 Å². The molecule has 1 aromatic rings. The van der Waals surface area contributed by atoms with Crippen molar-refractivity contribution in [2.75, 3.05) is 69.3 Å². The largest absolute Gasteiger partial charge is 0.383 e. The van der Waals surface area contributed by atoms with Crippen LogP contribution in [0.4, 0.5) is 20.7 Å². The number of aliphatic imine (C=N–C) groups is 1. The Kier molecular flexibility index (Phi) is 6.62. The number of anilines is 2. The normalized spacial score (nSPS) is 17.3. The fourth-order valence-corrected chi connectivity index (χ4v) is 3.04. The minimum Gasteiger partial charge on any atom is -0.383 e. The van der Waals surface area contributed by atoms with E-state index >= 15 is 0 Å². The molecule has 2 aliphatic heterocycles. The first kappa shape index (κ1) is 19.6. The van der Waals surface area contributed by atoms with Gasteiger partial charge in [-0.2, -0.15) is 15.0 Å². The molecule has 0 unspecified atom stereocenters. The monoisotopic (exact) mass is 381 g/mol. The fourth-order valence-electron chi connectivity index (χ4n) is 3.04. The Labute approximate surface area is 157 Å². The standard InChI is InChI=1S/C17H25F2N7O/c1-3-25(10-11-27-2)16-22-15(12-4-5-21-13(12)14(18)19)23-17(24-16)26-8-6-20-7-9-26/h4,14,20H,3,5-11H2,1-2H3. The number of hydrogen-bond donors (Lipinski definition) is 1. The fraction of sp³-hybridized carbons (Fsp3) is 0.647. The van der Waals surface area contributed by atoms with E-state index in [0.717, 1.165) is 26.2 Å². The lowest BCUT2D eigenvalue weighted by Gasteiger charge is -2.29. The Morgan fingerprint density at radius 3 is 2.70 bits per heavy atom. The summed E-state index contributed by atoms with van der Waals surface area (Å²) < 4.78 is 31.8. The van der Waals surface area contributed by atoms with E-state index in [-0.39, 0.29) is 18.1 Å². The van der Waals surface area contributed by atoms with Crippen LogP contribution in [0.25, 0.3) is 5.57 Å². The molecule has 8 nitrogen and oxygen atoms in total. The number of aromatic nitrogens is 3. The number of allylic oxidation sites excluding steroid dienone is 1. The van der Waals surface area contributed by atoms with Crippen LogP contribution in [-0.2, 0) is 4.74 Å². The molecular formula is C17H25F2N7O. The van der Waals surface area contributed by atoms with E-state index < -0.39 is 6.43 Å². The van der Waals surface area contributed by atoms with Gasteiger partial charge in [0, 0.05) is 52.0 Å². The molecule has 3 heterocycles. The van der Waals surface area contributed by atoms with Crippen LogP contribution >= 0.6 is 0 Å². The van der Waals surface area contributed by atoms with Crippen LogP contribution in [0.3, 0.4) is 0 Å². The molecule has 0 aliphatic carbocycles. The van der Waals surface area contributed by atoms with Crippen molar-refractivity contribution in [2.24, 2.45) is 4.99 Å². The van der Waals surface area contributed by atoms with E-state index in [1.54, 1.807) is 13.2 Å². The Hall–Kier alpha value is -2.20. The Bertz CT molecular complexity index is 705. The summed E-state index contributed by atoms with van der Waals surface area (Å²) >= 11 is 0. The highest BCUT2D eigenvalue weighted by molar-refractivity contribution is 6.26. The van der Waals surface area contributed by atoms with Gasteiger partial charge in [-0.15, -0.1) is 0 Å². The number of nitrogens with one attached hydrogen (secondary N) is 1. The van der Waals surface area contributed by atoms with Gasteiger partial charge in [0.2, 0.25) is 11.9 Å². The third-order valence-corrected chi connectivity index (χ3v) is 4.52. The van der Waals surface area contributed by atoms with Gasteiger partial charge >= 0.3 is 0 Å². The Balaban J connectivity index is 1.99. The minimum absolute atomic E-state index is 0.222. The Morgan fingerprint density at radius 2 is 2.04 bits per heavy atom. The molecule has 0 amide bonds. The van der Waals surface area contributed by atoms with E-state index in [2.05, 4.69) is 25.3 Å². The number of methoxy groups -OCH3 is 1. The Morgan fingerprint density at radius 1 is 1.26 bits per heavy atom. The van der Waals surface area contributed by atoms with Crippen LogP contribution < -0.4 is 15.1 Å². The number of piperazine rings is 1. The zero-order valence-electron chi connectivity index (χ0n) is 15.7. The van der Waals surface area contributed by atoms with Crippen molar-refractivity contribution in [2.45, 2.75) is 13.3 Å². The predicted molar refractivity (Wildman–Crippen MR) is 101 cm³/mol. The summed E-state index contributed by atoms with van der Waals surface area (Å²) in [5.41, 5.74) is 0.0474. The molecule has 0 atom stereocenters. The average Bonchev–Trinajstić information content (AvgIpc) is 3.19. The first-order valence-electron chi connectivity index (χ1n) is 9.13. The number of likely N-dealkylation sites (N-methyl/N-ethyl adjacent to an activating group) is 1. The number of nitrogens with zero attached hydrogens (tertiary/aromatic N) is 6. The van der Waals surface area contributed by atoms with Crippen molar-refractivity contribution in [1.82, 2.24) is 20.3 Å². The molecule has 0 radical (unpaired) electrons. The zero-order chi connectivity index (χ0) is 19.2. The molecule has 2 aliphatic rings. The maximum absolute atomic E-state index is 13.3. The van der Waals surface area contributed by atoms with Crippen molar-refractivity contribution in [3.8, 4) is 0 Å². The van der Waals surface area contributed by atoms with Crippen molar-refractivity contribution >= 4 is 23.2 Å². The van der Waals surface area contributed by atoms with Crippen LogP contribution in [0.5, 0.6) is 0 Å². The van der Waals surface area contributed by atoms with Crippen LogP contribution in [0.1, 0.15) is 12.7 Å². The van der Waals surface area contributed by atoms with Crippen LogP contribution in [-0.4, -0.2) is 86.6 Å². The number of rotatable bonds is 8. The number of alkyl halides is 2. The molecule has 1 aromatic heterocycles. The predicted octanol–water partition coefficient (Wildman–Crippen LogP) is 0.857. The molecular weight excluding hydrogens is 356 g/mol. The molecule has 148 valence electrons. The summed E-state index contributed by atoms with van der Waals surface area (Å²) in [6.45, 7) is 7.15. The second-order valence-corrected chi connectivity index (χ2v) is 6.21. The second kappa shape index (κ2) is 9.14. The van der Waals surface area contributed by atoms with Gasteiger partial charge < -0.3 is 19.9 Å². The van der Waals surface area contributed by atoms with Crippen LogP contribution in [0.2, 0.25) is 0 Å². The van der Waals surface area contributed by atoms with Gasteiger partial charge in [0.1, 0.15) is 5.71 Å². The van der Waals surface area contributed by atoms with Crippen LogP contribution in [0, 0.1) is 0 Å². The first-order chi connectivity index (χ1) is 13.1. The van der Waals surface area contributed by atoms with E-state index in [1.165, 1.54) is 0 Å². The number of halogens is 2. The van der Waals surface area contributed by atoms with E-state index in [4.69, 9.17) is 4.74 Å². The van der Waals surface area contributed by atoms with Gasteiger partial charge in [-0.05, 0) is 6.92 Å². The molecule has 0 spiro atoms. The van der Waals surface area contributed by atoms with Gasteiger partial charge in [0.15, 0.2) is 5.82 Å². The zero-order valence-corrected chi connectivity index (χ0v) is 15.7. The molecule has 10 heteroatoms. The van der Waals surface area contributed by atoms with Gasteiger partial charge in [0.05, 0.1) is 13.2 Å². The summed E-state index contributed by atoms with van der Waals surface area (Å²) in [7, 11) is 1.63. The highest BCUT2D eigenvalue weighted by Crippen LogP contribution is 2.25. The van der Waals surface area contributed by atoms with E-state index in [1.807, 2.05) is 16.7 Å². The topological polar surface area (TPSA) is 78.8 Å². The molecule has 0 aromatic carbocycles. The lowest BCUT2D eigenvalue weighted by Crippen LogP contribution is -2.44. The summed E-state index contributed by atoms with van der Waals surface area (Å²) in [5, 5.41) is 3.28. The number of ether oxygens (including phenoxy) is 1. The minimum atomic E-state index is -2.66. The highest BCUT2D eigenvalue weighted by atomic mass is 19.3. The van der Waals surface area contributed by atoms with Gasteiger partial charge in [0.25, 0.3) is 6.43 Å². The quantitative estimate of drug-likeness (QED) is 0.715. The molecule has 3 rings (SSSR count). The van der Waals surface area contributed by atoms with Gasteiger partial charge in [-0.3, -0.25) is 4.99 Å². The van der Waals surface area contributed by atoms with Crippen molar-refractivity contribution in [3.05, 3.63) is 11.9 Å². The first-order valence-corrected chi connectivity index (χ1v) is 9.13. The molecule has 1 saturated heterocycles. The lowest BCUT2D eigenvalue weighted by molar-refractivity contribution is 0.205. The molecule has 1 N–H and O–H groups in total. The maximum atomic E-state index is 13.3. The summed E-state index contributed by atoms with van der Waals surface area (Å²) in [5.74, 6) is 1.23. The average molecular weight is 381 g/mol. The van der Waals surface area contributed by atoms with Gasteiger partial charge in [-0.25, -0.2) is 8.78 Å².